The standard InChI is InChI=1S/C11H17NO4/c1-7-3-5-9(6-4-7)16-12-10(8(2)13)11(14)15/h7,9H,3-6H2,1-2H3,(H,14,15)/b12-10+. The van der Waals surface area contributed by atoms with Crippen molar-refractivity contribution in [2.45, 2.75) is 45.6 Å². The maximum atomic E-state index is 10.9. The molecule has 16 heavy (non-hydrogen) atoms. The monoisotopic (exact) mass is 227 g/mol. The largest absolute Gasteiger partial charge is 0.476 e. The number of carboxylic acid groups (broad SMARTS) is 1. The van der Waals surface area contributed by atoms with Gasteiger partial charge in [0, 0.05) is 6.92 Å². The van der Waals surface area contributed by atoms with Gasteiger partial charge >= 0.3 is 5.97 Å². The molecule has 0 aromatic heterocycles. The van der Waals surface area contributed by atoms with Gasteiger partial charge in [0.25, 0.3) is 0 Å². The van der Waals surface area contributed by atoms with E-state index in [1.54, 1.807) is 0 Å². The zero-order chi connectivity index (χ0) is 12.1. The lowest BCUT2D eigenvalue weighted by Crippen LogP contribution is -2.24. The minimum Gasteiger partial charge on any atom is -0.476 e. The Morgan fingerprint density at radius 1 is 1.25 bits per heavy atom. The van der Waals surface area contributed by atoms with E-state index in [4.69, 9.17) is 9.94 Å². The fraction of sp³-hybridized carbons (Fsp3) is 0.727. The van der Waals surface area contributed by atoms with Crippen LogP contribution in [0.5, 0.6) is 0 Å². The Bertz CT molecular complexity index is 287. The number of carbonyl (C=O) groups excluding carboxylic acids is 1. The number of oxime groups is 1. The van der Waals surface area contributed by atoms with Crippen molar-refractivity contribution in [1.82, 2.24) is 0 Å². The average molecular weight is 227 g/mol. The molecule has 5 nitrogen and oxygen atoms in total. The van der Waals surface area contributed by atoms with Crippen LogP contribution in [0.3, 0.4) is 0 Å². The first kappa shape index (κ1) is 12.7. The van der Waals surface area contributed by atoms with Gasteiger partial charge in [-0.3, -0.25) is 4.79 Å². The zero-order valence-corrected chi connectivity index (χ0v) is 9.60. The summed E-state index contributed by atoms with van der Waals surface area (Å²) >= 11 is 0. The average Bonchev–Trinajstić information content (AvgIpc) is 2.20. The Hall–Kier alpha value is -1.39. The lowest BCUT2D eigenvalue weighted by atomic mass is 9.89. The number of carboxylic acids is 1. The molecule has 0 amide bonds. The van der Waals surface area contributed by atoms with Crippen molar-refractivity contribution in [1.29, 1.82) is 0 Å². The van der Waals surface area contributed by atoms with Crippen molar-refractivity contribution >= 4 is 17.5 Å². The third-order valence-electron chi connectivity index (χ3n) is 2.79. The third-order valence-corrected chi connectivity index (χ3v) is 2.79. The van der Waals surface area contributed by atoms with Crippen LogP contribution in [-0.2, 0) is 14.4 Å². The van der Waals surface area contributed by atoms with Crippen LogP contribution in [0.4, 0.5) is 0 Å². The summed E-state index contributed by atoms with van der Waals surface area (Å²) in [6, 6.07) is 0. The summed E-state index contributed by atoms with van der Waals surface area (Å²) in [5.74, 6) is -1.23. The van der Waals surface area contributed by atoms with Crippen LogP contribution in [-0.4, -0.2) is 28.7 Å². The van der Waals surface area contributed by atoms with E-state index >= 15 is 0 Å². The molecule has 1 aliphatic rings. The van der Waals surface area contributed by atoms with Crippen LogP contribution in [0.25, 0.3) is 0 Å². The molecule has 0 atom stereocenters. The molecule has 0 aliphatic heterocycles. The number of rotatable bonds is 4. The van der Waals surface area contributed by atoms with Crippen molar-refractivity contribution in [3.8, 4) is 0 Å². The lowest BCUT2D eigenvalue weighted by Gasteiger charge is -2.24. The topological polar surface area (TPSA) is 76.0 Å². The van der Waals surface area contributed by atoms with Crippen molar-refractivity contribution in [3.63, 3.8) is 0 Å². The predicted molar refractivity (Wildman–Crippen MR) is 58.3 cm³/mol. The van der Waals surface area contributed by atoms with Crippen molar-refractivity contribution < 1.29 is 19.5 Å². The number of ketones is 1. The van der Waals surface area contributed by atoms with Gasteiger partial charge in [-0.25, -0.2) is 4.79 Å². The Kier molecular flexibility index (Phi) is 4.46. The maximum absolute atomic E-state index is 10.9. The first-order valence-electron chi connectivity index (χ1n) is 5.48. The highest BCUT2D eigenvalue weighted by atomic mass is 16.6. The predicted octanol–water partition coefficient (Wildman–Crippen LogP) is 1.61. The molecule has 0 unspecified atom stereocenters. The Morgan fingerprint density at radius 3 is 2.25 bits per heavy atom. The molecular formula is C11H17NO4. The van der Waals surface area contributed by atoms with Crippen molar-refractivity contribution in [3.05, 3.63) is 0 Å². The smallest absolute Gasteiger partial charge is 0.361 e. The van der Waals surface area contributed by atoms with Gasteiger partial charge in [0.15, 0.2) is 5.78 Å². The van der Waals surface area contributed by atoms with E-state index in [0.717, 1.165) is 25.7 Å². The van der Waals surface area contributed by atoms with E-state index in [1.165, 1.54) is 6.92 Å². The van der Waals surface area contributed by atoms with Crippen LogP contribution in [0.15, 0.2) is 5.16 Å². The van der Waals surface area contributed by atoms with E-state index < -0.39 is 17.5 Å². The first-order valence-corrected chi connectivity index (χ1v) is 5.48. The molecule has 0 aromatic carbocycles. The SMILES string of the molecule is CC(=O)/C(=N\OC1CCC(C)CC1)C(=O)O. The van der Waals surface area contributed by atoms with E-state index in [9.17, 15) is 9.59 Å². The van der Waals surface area contributed by atoms with Crippen molar-refractivity contribution in [2.75, 3.05) is 0 Å². The number of hydrogen-bond donors (Lipinski definition) is 1. The van der Waals surface area contributed by atoms with Gasteiger partial charge in [-0.2, -0.15) is 0 Å². The highest BCUT2D eigenvalue weighted by Crippen LogP contribution is 2.25. The molecule has 90 valence electrons. The molecule has 0 bridgehead atoms. The lowest BCUT2D eigenvalue weighted by molar-refractivity contribution is -0.130. The molecule has 0 radical (unpaired) electrons. The molecule has 1 rings (SSSR count). The molecule has 1 N–H and O–H groups in total. The van der Waals surface area contributed by atoms with Gasteiger partial charge in [-0.15, -0.1) is 0 Å². The van der Waals surface area contributed by atoms with Gasteiger partial charge in [0.1, 0.15) is 6.10 Å². The summed E-state index contributed by atoms with van der Waals surface area (Å²) in [4.78, 5) is 26.7. The number of hydrogen-bond acceptors (Lipinski definition) is 4. The van der Waals surface area contributed by atoms with Crippen molar-refractivity contribution in [2.24, 2.45) is 11.1 Å². The second kappa shape index (κ2) is 5.63. The first-order chi connectivity index (χ1) is 7.50. The number of nitrogens with zero attached hydrogens (tertiary/aromatic N) is 1. The summed E-state index contributed by atoms with van der Waals surface area (Å²) in [6.45, 7) is 3.34. The third kappa shape index (κ3) is 3.64. The molecule has 5 heteroatoms. The molecular weight excluding hydrogens is 210 g/mol. The second-order valence-corrected chi connectivity index (χ2v) is 4.29. The van der Waals surface area contributed by atoms with E-state index in [-0.39, 0.29) is 6.10 Å². The van der Waals surface area contributed by atoms with Crippen LogP contribution in [0.1, 0.15) is 39.5 Å². The van der Waals surface area contributed by atoms with Gasteiger partial charge in [0.05, 0.1) is 0 Å². The van der Waals surface area contributed by atoms with Gasteiger partial charge in [0.2, 0.25) is 5.71 Å². The minimum absolute atomic E-state index is 0.0510. The summed E-state index contributed by atoms with van der Waals surface area (Å²) in [7, 11) is 0. The molecule has 1 fully saturated rings. The van der Waals surface area contributed by atoms with Gasteiger partial charge in [-0.05, 0) is 31.6 Å². The van der Waals surface area contributed by atoms with Gasteiger partial charge in [-0.1, -0.05) is 12.1 Å². The Labute approximate surface area is 94.5 Å². The highest BCUT2D eigenvalue weighted by Gasteiger charge is 2.21. The van der Waals surface area contributed by atoms with Crippen LogP contribution < -0.4 is 0 Å². The minimum atomic E-state index is -1.34. The molecule has 0 heterocycles. The summed E-state index contributed by atoms with van der Waals surface area (Å²) in [5.41, 5.74) is -0.529. The molecule has 0 aromatic rings. The van der Waals surface area contributed by atoms with Gasteiger partial charge < -0.3 is 9.94 Å². The molecule has 0 spiro atoms. The van der Waals surface area contributed by atoms with E-state index in [1.807, 2.05) is 0 Å². The summed E-state index contributed by atoms with van der Waals surface area (Å²) in [5, 5.41) is 12.1. The highest BCUT2D eigenvalue weighted by molar-refractivity contribution is 6.63. The quantitative estimate of drug-likeness (QED) is 0.449. The Balaban J connectivity index is 2.50. The second-order valence-electron chi connectivity index (χ2n) is 4.29. The number of Topliss-reactive ketones (excluding diaryl/α,β-unsaturated/α-hetero) is 1. The number of aliphatic carboxylic acids is 1. The molecule has 0 saturated heterocycles. The number of carbonyl (C=O) groups is 2. The van der Waals surface area contributed by atoms with Crippen LogP contribution in [0, 0.1) is 5.92 Å². The normalized spacial score (nSPS) is 26.2. The van der Waals surface area contributed by atoms with E-state index in [2.05, 4.69) is 12.1 Å². The molecule has 1 saturated carbocycles. The summed E-state index contributed by atoms with van der Waals surface area (Å²) in [6.07, 6.45) is 3.81. The fourth-order valence-electron chi connectivity index (χ4n) is 1.72. The maximum Gasteiger partial charge on any atom is 0.361 e. The Morgan fingerprint density at radius 2 is 1.81 bits per heavy atom. The molecule has 1 aliphatic carbocycles. The zero-order valence-electron chi connectivity index (χ0n) is 9.60. The summed E-state index contributed by atoms with van der Waals surface area (Å²) < 4.78 is 0. The van der Waals surface area contributed by atoms with E-state index in [0.29, 0.717) is 5.92 Å². The fourth-order valence-corrected chi connectivity index (χ4v) is 1.72. The van der Waals surface area contributed by atoms with Crippen LogP contribution in [0.2, 0.25) is 0 Å². The van der Waals surface area contributed by atoms with Crippen LogP contribution >= 0.6 is 0 Å².